The lowest BCUT2D eigenvalue weighted by Gasteiger charge is -2.15. The second kappa shape index (κ2) is 10.1. The molecule has 0 amide bonds. The van der Waals surface area contributed by atoms with Crippen molar-refractivity contribution < 1.29 is 18.5 Å². The van der Waals surface area contributed by atoms with Gasteiger partial charge in [0, 0.05) is 21.6 Å². The highest BCUT2D eigenvalue weighted by Crippen LogP contribution is 2.37. The molecule has 0 fully saturated rings. The van der Waals surface area contributed by atoms with Crippen molar-refractivity contribution in [1.82, 2.24) is 0 Å². The van der Waals surface area contributed by atoms with Crippen LogP contribution in [0, 0.1) is 6.92 Å². The number of esters is 1. The van der Waals surface area contributed by atoms with Crippen LogP contribution in [-0.2, 0) is 15.7 Å². The zero-order valence-electron chi connectivity index (χ0n) is 17.6. The number of carbonyl (C=O) groups excluding carboxylic acids is 1. The first-order valence-corrected chi connectivity index (χ1v) is 11.2. The summed E-state index contributed by atoms with van der Waals surface area (Å²) >= 11 is 1.45. The number of carbonyl (C=O) groups is 1. The van der Waals surface area contributed by atoms with Crippen LogP contribution in [0.5, 0.6) is 5.75 Å². The van der Waals surface area contributed by atoms with E-state index in [0.29, 0.717) is 17.9 Å². The first-order valence-electron chi connectivity index (χ1n) is 9.26. The van der Waals surface area contributed by atoms with Crippen molar-refractivity contribution in [2.45, 2.75) is 49.2 Å². The average molecular weight is 434 g/mol. The number of ether oxygens (including phenoxy) is 2. The van der Waals surface area contributed by atoms with E-state index in [1.54, 1.807) is 26.3 Å². The van der Waals surface area contributed by atoms with E-state index in [4.69, 9.17) is 9.47 Å². The number of benzene rings is 2. The molecule has 0 aliphatic rings. The van der Waals surface area contributed by atoms with E-state index >= 15 is 0 Å². The predicted octanol–water partition coefficient (Wildman–Crippen LogP) is 5.21. The van der Waals surface area contributed by atoms with Crippen molar-refractivity contribution in [3.8, 4) is 5.75 Å². The second-order valence-corrected chi connectivity index (χ2v) is 10.3. The van der Waals surface area contributed by atoms with E-state index in [9.17, 15) is 9.00 Å². The van der Waals surface area contributed by atoms with Gasteiger partial charge in [0.05, 0.1) is 24.0 Å². The molecule has 0 saturated carbocycles. The van der Waals surface area contributed by atoms with Crippen molar-refractivity contribution >= 4 is 34.9 Å². The van der Waals surface area contributed by atoms with E-state index in [-0.39, 0.29) is 5.97 Å². The number of rotatable bonds is 7. The van der Waals surface area contributed by atoms with E-state index in [0.717, 1.165) is 20.9 Å². The van der Waals surface area contributed by atoms with Crippen LogP contribution in [0.25, 0.3) is 0 Å². The Labute approximate surface area is 179 Å². The molecule has 0 aliphatic heterocycles. The number of nitrogens with zero attached hydrogens (tertiary/aromatic N) is 1. The average Bonchev–Trinajstić information content (AvgIpc) is 2.67. The topological polar surface area (TPSA) is 65.0 Å². The summed E-state index contributed by atoms with van der Waals surface area (Å²) in [5, 5.41) is 0. The molecule has 0 radical (unpaired) electrons. The van der Waals surface area contributed by atoms with Gasteiger partial charge in [-0.1, -0.05) is 23.9 Å². The molecule has 156 valence electrons. The Balaban J connectivity index is 2.50. The fraction of sp³-hybridized carbons (Fsp3) is 0.364. The number of hydrogen-bond acceptors (Lipinski definition) is 5. The zero-order chi connectivity index (χ0) is 21.6. The van der Waals surface area contributed by atoms with Gasteiger partial charge in [0.25, 0.3) is 0 Å². The SMILES string of the molecule is CCOC(=O)c1ccccc1Sc1c(C)cc(OC)cc1/C=N/S(=O)C(C)(C)C. The van der Waals surface area contributed by atoms with Crippen LogP contribution in [0.15, 0.2) is 50.6 Å². The highest BCUT2D eigenvalue weighted by molar-refractivity contribution is 7.99. The zero-order valence-corrected chi connectivity index (χ0v) is 19.3. The highest BCUT2D eigenvalue weighted by atomic mass is 32.2. The molecule has 0 spiro atoms. The summed E-state index contributed by atoms with van der Waals surface area (Å²) < 4.78 is 26.8. The van der Waals surface area contributed by atoms with E-state index in [2.05, 4.69) is 4.40 Å². The Kier molecular flexibility index (Phi) is 8.05. The molecular weight excluding hydrogens is 406 g/mol. The fourth-order valence-electron chi connectivity index (χ4n) is 2.43. The van der Waals surface area contributed by atoms with Gasteiger partial charge in [0.2, 0.25) is 0 Å². The first kappa shape index (κ1) is 23.2. The quantitative estimate of drug-likeness (QED) is 0.443. The summed E-state index contributed by atoms with van der Waals surface area (Å²) in [7, 11) is 0.226. The lowest BCUT2D eigenvalue weighted by atomic mass is 10.1. The van der Waals surface area contributed by atoms with Crippen LogP contribution in [0.3, 0.4) is 0 Å². The predicted molar refractivity (Wildman–Crippen MR) is 120 cm³/mol. The van der Waals surface area contributed by atoms with Crippen molar-refractivity contribution in [2.24, 2.45) is 4.40 Å². The van der Waals surface area contributed by atoms with E-state index in [1.165, 1.54) is 11.8 Å². The minimum atomic E-state index is -1.38. The van der Waals surface area contributed by atoms with Gasteiger partial charge in [0.1, 0.15) is 16.7 Å². The number of hydrogen-bond donors (Lipinski definition) is 0. The van der Waals surface area contributed by atoms with Gasteiger partial charge in [-0.25, -0.2) is 9.00 Å². The maximum absolute atomic E-state index is 12.4. The first-order chi connectivity index (χ1) is 13.7. The summed E-state index contributed by atoms with van der Waals surface area (Å²) in [5.41, 5.74) is 2.26. The smallest absolute Gasteiger partial charge is 0.339 e. The van der Waals surface area contributed by atoms with Gasteiger partial charge < -0.3 is 9.47 Å². The molecule has 2 aromatic carbocycles. The number of aryl methyl sites for hydroxylation is 1. The lowest BCUT2D eigenvalue weighted by Crippen LogP contribution is -2.19. The maximum atomic E-state index is 12.4. The third kappa shape index (κ3) is 6.18. The largest absolute Gasteiger partial charge is 0.497 e. The van der Waals surface area contributed by atoms with Gasteiger partial charge in [-0.15, -0.1) is 0 Å². The van der Waals surface area contributed by atoms with Crippen LogP contribution in [-0.4, -0.2) is 34.9 Å². The van der Waals surface area contributed by atoms with Crippen molar-refractivity contribution in [3.05, 3.63) is 53.1 Å². The van der Waals surface area contributed by atoms with Crippen molar-refractivity contribution in [1.29, 1.82) is 0 Å². The monoisotopic (exact) mass is 433 g/mol. The summed E-state index contributed by atoms with van der Waals surface area (Å²) in [5.74, 6) is 0.333. The Morgan fingerprint density at radius 3 is 2.55 bits per heavy atom. The van der Waals surface area contributed by atoms with Gasteiger partial charge in [0.15, 0.2) is 0 Å². The Bertz CT molecular complexity index is 933. The summed E-state index contributed by atoms with van der Waals surface area (Å²) in [4.78, 5) is 14.0. The summed E-state index contributed by atoms with van der Waals surface area (Å²) in [6.45, 7) is 9.70. The molecule has 2 aromatic rings. The molecular formula is C22H27NO4S2. The van der Waals surface area contributed by atoms with Crippen LogP contribution < -0.4 is 4.74 Å². The van der Waals surface area contributed by atoms with Crippen LogP contribution in [0.4, 0.5) is 0 Å². The fourth-order valence-corrected chi connectivity index (χ4v) is 4.03. The maximum Gasteiger partial charge on any atom is 0.339 e. The third-order valence-electron chi connectivity index (χ3n) is 3.92. The van der Waals surface area contributed by atoms with Crippen molar-refractivity contribution in [2.75, 3.05) is 13.7 Å². The normalized spacial score (nSPS) is 12.8. The minimum Gasteiger partial charge on any atom is -0.497 e. The molecule has 1 unspecified atom stereocenters. The summed E-state index contributed by atoms with van der Waals surface area (Å²) in [6.07, 6.45) is 1.62. The van der Waals surface area contributed by atoms with Gasteiger partial charge in [-0.2, -0.15) is 4.40 Å². The molecule has 0 aromatic heterocycles. The molecule has 2 rings (SSSR count). The van der Waals surface area contributed by atoms with Gasteiger partial charge >= 0.3 is 5.97 Å². The Morgan fingerprint density at radius 1 is 1.24 bits per heavy atom. The minimum absolute atomic E-state index is 0.315. The van der Waals surface area contributed by atoms with Gasteiger partial charge in [-0.3, -0.25) is 0 Å². The van der Waals surface area contributed by atoms with Crippen LogP contribution in [0.1, 0.15) is 49.2 Å². The third-order valence-corrected chi connectivity index (χ3v) is 6.60. The number of methoxy groups -OCH3 is 1. The van der Waals surface area contributed by atoms with E-state index in [1.807, 2.05) is 58.0 Å². The molecule has 5 nitrogen and oxygen atoms in total. The highest BCUT2D eigenvalue weighted by Gasteiger charge is 2.19. The van der Waals surface area contributed by atoms with Crippen molar-refractivity contribution in [3.63, 3.8) is 0 Å². The molecule has 0 saturated heterocycles. The molecule has 0 heterocycles. The van der Waals surface area contributed by atoms with Gasteiger partial charge in [-0.05, 0) is 64.4 Å². The molecule has 0 N–H and O–H groups in total. The second-order valence-electron chi connectivity index (χ2n) is 7.28. The summed E-state index contributed by atoms with van der Waals surface area (Å²) in [6, 6.07) is 11.1. The lowest BCUT2D eigenvalue weighted by molar-refractivity contribution is 0.0522. The molecule has 7 heteroatoms. The van der Waals surface area contributed by atoms with Crippen LogP contribution in [0.2, 0.25) is 0 Å². The molecule has 1 atom stereocenters. The molecule has 0 aliphatic carbocycles. The molecule has 29 heavy (non-hydrogen) atoms. The standard InChI is InChI=1S/C22H27NO4S2/c1-7-27-21(24)18-10-8-9-11-19(18)28-20-15(2)12-17(26-6)13-16(20)14-23-29(25)22(3,4)5/h8-14H,7H2,1-6H3/b23-14+. The molecule has 0 bridgehead atoms. The Hall–Kier alpha value is -2.12. The van der Waals surface area contributed by atoms with Crippen LogP contribution >= 0.6 is 11.8 Å². The Morgan fingerprint density at radius 2 is 1.93 bits per heavy atom. The van der Waals surface area contributed by atoms with E-state index < -0.39 is 15.7 Å².